The summed E-state index contributed by atoms with van der Waals surface area (Å²) in [5.41, 5.74) is 1.51. The van der Waals surface area contributed by atoms with Crippen LogP contribution in [0.1, 0.15) is 51.5 Å². The van der Waals surface area contributed by atoms with Crippen molar-refractivity contribution in [2.45, 2.75) is 20.3 Å². The maximum Gasteiger partial charge on any atom is 0.274 e. The predicted molar refractivity (Wildman–Crippen MR) is 91.3 cm³/mol. The largest absolute Gasteiger partial charge is 0.352 e. The van der Waals surface area contributed by atoms with Gasteiger partial charge in [-0.2, -0.15) is 0 Å². The molecule has 0 aliphatic heterocycles. The smallest absolute Gasteiger partial charge is 0.274 e. The Hall–Kier alpha value is -3.02. The van der Waals surface area contributed by atoms with Gasteiger partial charge < -0.3 is 10.6 Å². The number of ketones is 1. The highest BCUT2D eigenvalue weighted by molar-refractivity contribution is 6.05. The zero-order chi connectivity index (χ0) is 17.5. The molecule has 124 valence electrons. The van der Waals surface area contributed by atoms with E-state index in [1.54, 1.807) is 30.3 Å². The molecule has 6 heteroatoms. The summed E-state index contributed by atoms with van der Waals surface area (Å²) < 4.78 is 0. The van der Waals surface area contributed by atoms with Gasteiger partial charge in [0.15, 0.2) is 5.78 Å². The Morgan fingerprint density at radius 3 is 2.54 bits per heavy atom. The van der Waals surface area contributed by atoms with Crippen molar-refractivity contribution in [3.63, 3.8) is 0 Å². The van der Waals surface area contributed by atoms with E-state index >= 15 is 0 Å². The van der Waals surface area contributed by atoms with Crippen LogP contribution >= 0.6 is 0 Å². The van der Waals surface area contributed by atoms with E-state index in [0.29, 0.717) is 23.4 Å². The van der Waals surface area contributed by atoms with Gasteiger partial charge in [0.25, 0.3) is 11.8 Å². The predicted octanol–water partition coefficient (Wildman–Crippen LogP) is 2.68. The number of amides is 2. The van der Waals surface area contributed by atoms with Crippen molar-refractivity contribution >= 4 is 23.3 Å². The van der Waals surface area contributed by atoms with Crippen molar-refractivity contribution in [1.29, 1.82) is 0 Å². The number of nitrogens with one attached hydrogen (secondary N) is 2. The third-order valence-electron chi connectivity index (χ3n) is 3.32. The van der Waals surface area contributed by atoms with Gasteiger partial charge in [0.05, 0.1) is 0 Å². The van der Waals surface area contributed by atoms with Gasteiger partial charge >= 0.3 is 0 Å². The van der Waals surface area contributed by atoms with Crippen molar-refractivity contribution in [2.75, 3.05) is 11.9 Å². The molecule has 2 amide bonds. The van der Waals surface area contributed by atoms with Crippen LogP contribution in [0, 0.1) is 0 Å². The molecule has 24 heavy (non-hydrogen) atoms. The third kappa shape index (κ3) is 4.49. The molecule has 0 atom stereocenters. The van der Waals surface area contributed by atoms with Crippen molar-refractivity contribution in [3.05, 3.63) is 59.4 Å². The fourth-order valence-corrected chi connectivity index (χ4v) is 2.05. The molecule has 0 bridgehead atoms. The van der Waals surface area contributed by atoms with Crippen molar-refractivity contribution in [1.82, 2.24) is 10.3 Å². The van der Waals surface area contributed by atoms with Crippen LogP contribution in [0.3, 0.4) is 0 Å². The van der Waals surface area contributed by atoms with Gasteiger partial charge in [-0.05, 0) is 37.6 Å². The van der Waals surface area contributed by atoms with E-state index in [2.05, 4.69) is 15.6 Å². The quantitative estimate of drug-likeness (QED) is 0.799. The van der Waals surface area contributed by atoms with Crippen LogP contribution in [0.2, 0.25) is 0 Å². The summed E-state index contributed by atoms with van der Waals surface area (Å²) in [5, 5.41) is 5.43. The first kappa shape index (κ1) is 17.3. The molecule has 0 saturated carbocycles. The molecule has 2 N–H and O–H groups in total. The summed E-state index contributed by atoms with van der Waals surface area (Å²) in [6.45, 7) is 3.99. The SMILES string of the molecule is CCCNC(=O)c1ccnc(C(=O)Nc2cccc(C(C)=O)c2)c1. The van der Waals surface area contributed by atoms with Crippen LogP contribution < -0.4 is 10.6 Å². The minimum atomic E-state index is -0.444. The topological polar surface area (TPSA) is 88.2 Å². The Morgan fingerprint density at radius 2 is 1.83 bits per heavy atom. The lowest BCUT2D eigenvalue weighted by atomic mass is 10.1. The van der Waals surface area contributed by atoms with Gasteiger partial charge in [-0.15, -0.1) is 0 Å². The second-order valence-electron chi connectivity index (χ2n) is 5.28. The number of rotatable bonds is 6. The standard InChI is InChI=1S/C18H19N3O3/c1-3-8-20-17(23)14-7-9-19-16(11-14)18(24)21-15-6-4-5-13(10-15)12(2)22/h4-7,9-11H,3,8H2,1-2H3,(H,20,23)(H,21,24). The Labute approximate surface area is 140 Å². The van der Waals surface area contributed by atoms with Crippen LogP contribution in [0.25, 0.3) is 0 Å². The van der Waals surface area contributed by atoms with Crippen LogP contribution in [0.4, 0.5) is 5.69 Å². The van der Waals surface area contributed by atoms with Gasteiger partial charge in [-0.25, -0.2) is 0 Å². The summed E-state index contributed by atoms with van der Waals surface area (Å²) in [5.74, 6) is -0.772. The third-order valence-corrected chi connectivity index (χ3v) is 3.32. The number of Topliss-reactive ketones (excluding diaryl/α,β-unsaturated/α-hetero) is 1. The van der Waals surface area contributed by atoms with Crippen molar-refractivity contribution in [3.8, 4) is 0 Å². The summed E-state index contributed by atoms with van der Waals surface area (Å²) in [4.78, 5) is 39.6. The van der Waals surface area contributed by atoms with Gasteiger partial charge in [0.2, 0.25) is 0 Å². The molecule has 6 nitrogen and oxygen atoms in total. The normalized spacial score (nSPS) is 10.1. The molecule has 1 aromatic heterocycles. The molecule has 0 saturated heterocycles. The van der Waals surface area contributed by atoms with E-state index in [4.69, 9.17) is 0 Å². The zero-order valence-electron chi connectivity index (χ0n) is 13.6. The molecular weight excluding hydrogens is 306 g/mol. The molecule has 0 aliphatic carbocycles. The van der Waals surface area contributed by atoms with Gasteiger partial charge in [-0.1, -0.05) is 19.1 Å². The number of anilines is 1. The number of hydrogen-bond donors (Lipinski definition) is 2. The first-order chi connectivity index (χ1) is 11.5. The number of pyridine rings is 1. The molecular formula is C18H19N3O3. The lowest BCUT2D eigenvalue weighted by molar-refractivity contribution is 0.0952. The highest BCUT2D eigenvalue weighted by Crippen LogP contribution is 2.13. The maximum atomic E-state index is 12.3. The van der Waals surface area contributed by atoms with Crippen LogP contribution in [-0.2, 0) is 0 Å². The highest BCUT2D eigenvalue weighted by atomic mass is 16.2. The van der Waals surface area contributed by atoms with Gasteiger partial charge in [0, 0.05) is 29.6 Å². The van der Waals surface area contributed by atoms with E-state index in [1.807, 2.05) is 6.92 Å². The first-order valence-corrected chi connectivity index (χ1v) is 7.68. The minimum absolute atomic E-state index is 0.0844. The molecule has 0 fully saturated rings. The Bertz CT molecular complexity index is 772. The second kappa shape index (κ2) is 8.01. The molecule has 2 rings (SSSR count). The van der Waals surface area contributed by atoms with E-state index < -0.39 is 5.91 Å². The monoisotopic (exact) mass is 325 g/mol. The van der Waals surface area contributed by atoms with E-state index in [9.17, 15) is 14.4 Å². The number of carbonyl (C=O) groups is 3. The molecule has 1 heterocycles. The number of carbonyl (C=O) groups excluding carboxylic acids is 3. The van der Waals surface area contributed by atoms with Crippen molar-refractivity contribution < 1.29 is 14.4 Å². The average molecular weight is 325 g/mol. The van der Waals surface area contributed by atoms with Gasteiger partial charge in [-0.3, -0.25) is 19.4 Å². The Kier molecular flexibility index (Phi) is 5.78. The number of hydrogen-bond acceptors (Lipinski definition) is 4. The maximum absolute atomic E-state index is 12.3. The number of benzene rings is 1. The number of aromatic nitrogens is 1. The fourth-order valence-electron chi connectivity index (χ4n) is 2.05. The summed E-state index contributed by atoms with van der Waals surface area (Å²) in [6.07, 6.45) is 2.25. The molecule has 0 radical (unpaired) electrons. The lowest BCUT2D eigenvalue weighted by Gasteiger charge is -2.07. The lowest BCUT2D eigenvalue weighted by Crippen LogP contribution is -2.24. The summed E-state index contributed by atoms with van der Waals surface area (Å²) in [7, 11) is 0. The molecule has 0 aliphatic rings. The summed E-state index contributed by atoms with van der Waals surface area (Å²) in [6, 6.07) is 9.64. The van der Waals surface area contributed by atoms with Gasteiger partial charge in [0.1, 0.15) is 5.69 Å². The van der Waals surface area contributed by atoms with Crippen LogP contribution in [-0.4, -0.2) is 29.1 Å². The number of nitrogens with zero attached hydrogens (tertiary/aromatic N) is 1. The van der Waals surface area contributed by atoms with Crippen molar-refractivity contribution in [2.24, 2.45) is 0 Å². The first-order valence-electron chi connectivity index (χ1n) is 7.68. The molecule has 1 aromatic carbocycles. The van der Waals surface area contributed by atoms with Crippen LogP contribution in [0.5, 0.6) is 0 Å². The zero-order valence-corrected chi connectivity index (χ0v) is 13.6. The second-order valence-corrected chi connectivity index (χ2v) is 5.28. The van der Waals surface area contributed by atoms with E-state index in [-0.39, 0.29) is 17.4 Å². The molecule has 0 unspecified atom stereocenters. The minimum Gasteiger partial charge on any atom is -0.352 e. The van der Waals surface area contributed by atoms with E-state index in [0.717, 1.165) is 6.42 Å². The molecule has 2 aromatic rings. The van der Waals surface area contributed by atoms with E-state index in [1.165, 1.54) is 19.2 Å². The fraction of sp³-hybridized carbons (Fsp3) is 0.222. The summed E-state index contributed by atoms with van der Waals surface area (Å²) >= 11 is 0. The Morgan fingerprint density at radius 1 is 1.04 bits per heavy atom. The highest BCUT2D eigenvalue weighted by Gasteiger charge is 2.12. The van der Waals surface area contributed by atoms with Crippen LogP contribution in [0.15, 0.2) is 42.6 Å². The Balaban J connectivity index is 2.14. The average Bonchev–Trinajstić information content (AvgIpc) is 2.60. The molecule has 0 spiro atoms.